The Balaban J connectivity index is 3.41. The molecule has 0 aliphatic heterocycles. The third-order valence-electron chi connectivity index (χ3n) is 1.73. The molecule has 1 aromatic rings. The van der Waals surface area contributed by atoms with Crippen LogP contribution in [0.25, 0.3) is 0 Å². The minimum atomic E-state index is -0.446. The van der Waals surface area contributed by atoms with Gasteiger partial charge in [0.1, 0.15) is 0 Å². The topological polar surface area (TPSA) is 52.4 Å². The summed E-state index contributed by atoms with van der Waals surface area (Å²) >= 11 is 3.22. The number of benzene rings is 1. The van der Waals surface area contributed by atoms with Crippen molar-refractivity contribution in [3.8, 4) is 5.75 Å². The molecule has 0 radical (unpaired) electrons. The lowest BCUT2D eigenvalue weighted by Gasteiger charge is -2.04. The molecule has 1 aromatic carbocycles. The van der Waals surface area contributed by atoms with Gasteiger partial charge in [-0.05, 0) is 19.1 Å². The minimum absolute atomic E-state index is 0.0110. The Hall–Kier alpha value is -1.10. The fraction of sp³-hybridized carbons (Fsp3) is 0.250. The predicted octanol–water partition coefficient (Wildman–Crippen LogP) is 2.67. The molecule has 0 aliphatic carbocycles. The van der Waals surface area contributed by atoms with E-state index in [0.29, 0.717) is 10.0 Å². The highest BCUT2D eigenvalue weighted by Crippen LogP contribution is 2.34. The predicted molar refractivity (Wildman–Crippen MR) is 52.1 cm³/mol. The summed E-state index contributed by atoms with van der Waals surface area (Å²) in [5, 5.41) is 10.7. The standard InChI is InChI=1S/C8H8BrNO3/c1-5-6(9)3-4-7(13-2)8(5)10(11)12/h3-4H,1-2H3. The van der Waals surface area contributed by atoms with Crippen molar-refractivity contribution in [3.63, 3.8) is 0 Å². The van der Waals surface area contributed by atoms with Crippen LogP contribution in [0.15, 0.2) is 16.6 Å². The van der Waals surface area contributed by atoms with Crippen molar-refractivity contribution in [2.75, 3.05) is 7.11 Å². The number of hydrogen-bond donors (Lipinski definition) is 0. The van der Waals surface area contributed by atoms with Crippen LogP contribution in [0.1, 0.15) is 5.56 Å². The molecule has 0 fully saturated rings. The molecule has 0 aliphatic rings. The van der Waals surface area contributed by atoms with E-state index in [1.165, 1.54) is 7.11 Å². The SMILES string of the molecule is COc1ccc(Br)c(C)c1[N+](=O)[O-]. The van der Waals surface area contributed by atoms with E-state index < -0.39 is 4.92 Å². The summed E-state index contributed by atoms with van der Waals surface area (Å²) in [6.07, 6.45) is 0. The Morgan fingerprint density at radius 1 is 1.54 bits per heavy atom. The van der Waals surface area contributed by atoms with Gasteiger partial charge in [0.2, 0.25) is 0 Å². The molecule has 0 unspecified atom stereocenters. The minimum Gasteiger partial charge on any atom is -0.490 e. The van der Waals surface area contributed by atoms with Crippen LogP contribution in [0.4, 0.5) is 5.69 Å². The van der Waals surface area contributed by atoms with Gasteiger partial charge in [0, 0.05) is 10.0 Å². The van der Waals surface area contributed by atoms with Crippen LogP contribution in [0.3, 0.4) is 0 Å². The van der Waals surface area contributed by atoms with Crippen molar-refractivity contribution in [2.45, 2.75) is 6.92 Å². The summed E-state index contributed by atoms with van der Waals surface area (Å²) < 4.78 is 5.59. The highest BCUT2D eigenvalue weighted by molar-refractivity contribution is 9.10. The summed E-state index contributed by atoms with van der Waals surface area (Å²) in [4.78, 5) is 10.2. The van der Waals surface area contributed by atoms with Crippen LogP contribution < -0.4 is 4.74 Å². The van der Waals surface area contributed by atoms with E-state index in [1.54, 1.807) is 19.1 Å². The first-order chi connectivity index (χ1) is 6.07. The fourth-order valence-electron chi connectivity index (χ4n) is 1.04. The van der Waals surface area contributed by atoms with Crippen molar-refractivity contribution in [2.24, 2.45) is 0 Å². The van der Waals surface area contributed by atoms with Crippen molar-refractivity contribution in [1.82, 2.24) is 0 Å². The Kier molecular flexibility index (Phi) is 2.87. The molecule has 0 bridgehead atoms. The number of nitro benzene ring substituents is 1. The van der Waals surface area contributed by atoms with Crippen LogP contribution in [-0.2, 0) is 0 Å². The Labute approximate surface area is 83.8 Å². The molecule has 0 amide bonds. The molecule has 70 valence electrons. The van der Waals surface area contributed by atoms with Gasteiger partial charge in [-0.25, -0.2) is 0 Å². The number of nitro groups is 1. The second kappa shape index (κ2) is 3.74. The summed E-state index contributed by atoms with van der Waals surface area (Å²) in [6.45, 7) is 1.67. The zero-order chi connectivity index (χ0) is 10.0. The number of methoxy groups -OCH3 is 1. The lowest BCUT2D eigenvalue weighted by molar-refractivity contribution is -0.386. The largest absolute Gasteiger partial charge is 0.490 e. The van der Waals surface area contributed by atoms with Gasteiger partial charge >= 0.3 is 5.69 Å². The third-order valence-corrected chi connectivity index (χ3v) is 2.59. The lowest BCUT2D eigenvalue weighted by Crippen LogP contribution is -1.96. The Morgan fingerprint density at radius 2 is 2.15 bits per heavy atom. The van der Waals surface area contributed by atoms with E-state index in [2.05, 4.69) is 15.9 Å². The normalized spacial score (nSPS) is 9.77. The second-order valence-corrected chi connectivity index (χ2v) is 3.33. The first-order valence-corrected chi connectivity index (χ1v) is 4.34. The van der Waals surface area contributed by atoms with E-state index in [-0.39, 0.29) is 11.4 Å². The van der Waals surface area contributed by atoms with Crippen LogP contribution in [0, 0.1) is 17.0 Å². The van der Waals surface area contributed by atoms with Gasteiger partial charge in [0.25, 0.3) is 0 Å². The summed E-state index contributed by atoms with van der Waals surface area (Å²) in [5.41, 5.74) is 0.584. The van der Waals surface area contributed by atoms with Crippen molar-refractivity contribution >= 4 is 21.6 Å². The average Bonchev–Trinajstić information content (AvgIpc) is 2.08. The molecule has 0 saturated carbocycles. The molecular weight excluding hydrogens is 238 g/mol. The van der Waals surface area contributed by atoms with E-state index in [4.69, 9.17) is 4.74 Å². The van der Waals surface area contributed by atoms with Crippen LogP contribution in [0.2, 0.25) is 0 Å². The third kappa shape index (κ3) is 1.80. The van der Waals surface area contributed by atoms with E-state index in [1.807, 2.05) is 0 Å². The number of nitrogens with zero attached hydrogens (tertiary/aromatic N) is 1. The molecule has 13 heavy (non-hydrogen) atoms. The van der Waals surface area contributed by atoms with Crippen molar-refractivity contribution in [1.29, 1.82) is 0 Å². The van der Waals surface area contributed by atoms with Gasteiger partial charge in [-0.2, -0.15) is 0 Å². The second-order valence-electron chi connectivity index (χ2n) is 2.48. The van der Waals surface area contributed by atoms with Crippen molar-refractivity contribution in [3.05, 3.63) is 32.3 Å². The van der Waals surface area contributed by atoms with Gasteiger partial charge in [-0.15, -0.1) is 0 Å². The maximum atomic E-state index is 10.7. The maximum Gasteiger partial charge on any atom is 0.314 e. The molecule has 0 atom stereocenters. The zero-order valence-corrected chi connectivity index (χ0v) is 8.79. The number of rotatable bonds is 2. The van der Waals surface area contributed by atoms with Gasteiger partial charge < -0.3 is 4.74 Å². The first kappa shape index (κ1) is 9.98. The number of halogens is 1. The van der Waals surface area contributed by atoms with Gasteiger partial charge in [-0.1, -0.05) is 15.9 Å². The molecule has 0 spiro atoms. The van der Waals surface area contributed by atoms with Gasteiger partial charge in [0.05, 0.1) is 12.0 Å². The Morgan fingerprint density at radius 3 is 2.62 bits per heavy atom. The number of ether oxygens (including phenoxy) is 1. The smallest absolute Gasteiger partial charge is 0.314 e. The van der Waals surface area contributed by atoms with Crippen LogP contribution in [0.5, 0.6) is 5.75 Å². The first-order valence-electron chi connectivity index (χ1n) is 3.55. The molecular formula is C8H8BrNO3. The zero-order valence-electron chi connectivity index (χ0n) is 7.20. The van der Waals surface area contributed by atoms with Crippen molar-refractivity contribution < 1.29 is 9.66 Å². The molecule has 1 rings (SSSR count). The summed E-state index contributed by atoms with van der Waals surface area (Å²) in [5.74, 6) is 0.283. The van der Waals surface area contributed by atoms with E-state index in [0.717, 1.165) is 0 Å². The average molecular weight is 246 g/mol. The molecule has 0 N–H and O–H groups in total. The quantitative estimate of drug-likeness (QED) is 0.595. The van der Waals surface area contributed by atoms with E-state index >= 15 is 0 Å². The number of hydrogen-bond acceptors (Lipinski definition) is 3. The van der Waals surface area contributed by atoms with E-state index in [9.17, 15) is 10.1 Å². The molecule has 5 heteroatoms. The fourth-order valence-corrected chi connectivity index (χ4v) is 1.36. The highest BCUT2D eigenvalue weighted by Gasteiger charge is 2.19. The summed E-state index contributed by atoms with van der Waals surface area (Å²) in [7, 11) is 1.41. The monoisotopic (exact) mass is 245 g/mol. The molecule has 0 aromatic heterocycles. The maximum absolute atomic E-state index is 10.7. The van der Waals surface area contributed by atoms with Crippen LogP contribution in [-0.4, -0.2) is 12.0 Å². The Bertz CT molecular complexity index is 351. The molecule has 4 nitrogen and oxygen atoms in total. The van der Waals surface area contributed by atoms with Gasteiger partial charge in [-0.3, -0.25) is 10.1 Å². The summed E-state index contributed by atoms with van der Waals surface area (Å²) in [6, 6.07) is 3.29. The highest BCUT2D eigenvalue weighted by atomic mass is 79.9. The molecule has 0 saturated heterocycles. The van der Waals surface area contributed by atoms with Crippen LogP contribution >= 0.6 is 15.9 Å². The van der Waals surface area contributed by atoms with Gasteiger partial charge in [0.15, 0.2) is 5.75 Å². The lowest BCUT2D eigenvalue weighted by atomic mass is 10.2. The molecule has 0 heterocycles.